The molecule has 2 heterocycles. The molecular formula is C18H19FN4O2S2. The number of nitrogens with one attached hydrogen (secondary N) is 2. The van der Waals surface area contributed by atoms with E-state index >= 15 is 0 Å². The van der Waals surface area contributed by atoms with Crippen molar-refractivity contribution in [1.29, 1.82) is 0 Å². The van der Waals surface area contributed by atoms with Crippen molar-refractivity contribution in [1.82, 2.24) is 15.5 Å². The van der Waals surface area contributed by atoms with Crippen LogP contribution in [0.1, 0.15) is 18.2 Å². The minimum absolute atomic E-state index is 0.0672. The van der Waals surface area contributed by atoms with Crippen LogP contribution in [0.3, 0.4) is 0 Å². The summed E-state index contributed by atoms with van der Waals surface area (Å²) in [6.45, 7) is 2.86. The molecule has 0 bridgehead atoms. The molecule has 1 atom stereocenters. The van der Waals surface area contributed by atoms with Crippen LogP contribution in [-0.4, -0.2) is 27.9 Å². The molecule has 0 aliphatic rings. The van der Waals surface area contributed by atoms with Gasteiger partial charge in [-0.25, -0.2) is 4.39 Å². The lowest BCUT2D eigenvalue weighted by molar-refractivity contribution is -0.120. The Kier molecular flexibility index (Phi) is 6.83. The van der Waals surface area contributed by atoms with Gasteiger partial charge in [0, 0.05) is 6.54 Å². The highest BCUT2D eigenvalue weighted by Gasteiger charge is 2.17. The molecule has 0 aliphatic heterocycles. The number of aromatic nitrogens is 2. The van der Waals surface area contributed by atoms with Gasteiger partial charge in [0.05, 0.1) is 18.1 Å². The zero-order valence-corrected chi connectivity index (χ0v) is 16.3. The lowest BCUT2D eigenvalue weighted by atomic mass is 10.1. The minimum Gasteiger partial charge on any atom is -0.467 e. The van der Waals surface area contributed by atoms with Crippen molar-refractivity contribution in [2.24, 2.45) is 0 Å². The predicted octanol–water partition coefficient (Wildman–Crippen LogP) is 3.72. The Hall–Kier alpha value is -2.39. The van der Waals surface area contributed by atoms with Crippen LogP contribution in [0.15, 0.2) is 51.4 Å². The minimum atomic E-state index is -0.288. The van der Waals surface area contributed by atoms with Gasteiger partial charge >= 0.3 is 0 Å². The van der Waals surface area contributed by atoms with E-state index in [-0.39, 0.29) is 17.0 Å². The molecule has 0 saturated heterocycles. The molecule has 0 aliphatic carbocycles. The number of anilines is 1. The number of amides is 1. The molecular weight excluding hydrogens is 387 g/mol. The van der Waals surface area contributed by atoms with Gasteiger partial charge in [0.1, 0.15) is 11.6 Å². The first-order valence-electron chi connectivity index (χ1n) is 8.39. The largest absolute Gasteiger partial charge is 0.467 e. The second kappa shape index (κ2) is 9.52. The molecule has 3 rings (SSSR count). The Morgan fingerprint density at radius 2 is 2.11 bits per heavy atom. The Bertz CT molecular complexity index is 853. The number of carbonyl (C=O) groups is 1. The van der Waals surface area contributed by atoms with Gasteiger partial charge in [0.15, 0.2) is 4.34 Å². The molecule has 6 nitrogen and oxygen atoms in total. The standard InChI is InChI=1S/C18H19FN4O2S2/c1-12(16(24)20-9-8-13-4-6-14(19)7-5-13)26-18-23-22-17(27-18)21-11-15-3-2-10-25-15/h2-7,10,12H,8-9,11H2,1H3,(H,20,24)(H,21,22)/t12-/m1/s1. The SMILES string of the molecule is C[C@@H](Sc1nnc(NCc2ccco2)s1)C(=O)NCCc1ccc(F)cc1. The molecule has 3 aromatic rings. The number of thioether (sulfide) groups is 1. The number of rotatable bonds is 9. The molecule has 0 unspecified atom stereocenters. The Morgan fingerprint density at radius 3 is 2.85 bits per heavy atom. The van der Waals surface area contributed by atoms with E-state index < -0.39 is 0 Å². The summed E-state index contributed by atoms with van der Waals surface area (Å²) < 4.78 is 18.9. The highest BCUT2D eigenvalue weighted by molar-refractivity contribution is 8.02. The third-order valence-corrected chi connectivity index (χ3v) is 5.74. The third kappa shape index (κ3) is 6.07. The number of carbonyl (C=O) groups excluding carboxylic acids is 1. The van der Waals surface area contributed by atoms with Crippen LogP contribution in [0.25, 0.3) is 0 Å². The van der Waals surface area contributed by atoms with E-state index in [0.29, 0.717) is 24.6 Å². The van der Waals surface area contributed by atoms with E-state index in [4.69, 9.17) is 4.42 Å². The van der Waals surface area contributed by atoms with Crippen LogP contribution in [0.5, 0.6) is 0 Å². The van der Waals surface area contributed by atoms with Crippen molar-refractivity contribution in [2.75, 3.05) is 11.9 Å². The molecule has 0 fully saturated rings. The fraction of sp³-hybridized carbons (Fsp3) is 0.278. The van der Waals surface area contributed by atoms with Crippen LogP contribution < -0.4 is 10.6 Å². The van der Waals surface area contributed by atoms with Crippen molar-refractivity contribution in [2.45, 2.75) is 29.5 Å². The van der Waals surface area contributed by atoms with E-state index in [1.165, 1.54) is 35.2 Å². The van der Waals surface area contributed by atoms with E-state index in [9.17, 15) is 9.18 Å². The van der Waals surface area contributed by atoms with Crippen LogP contribution in [0.4, 0.5) is 9.52 Å². The van der Waals surface area contributed by atoms with Gasteiger partial charge in [-0.1, -0.05) is 35.2 Å². The van der Waals surface area contributed by atoms with Gasteiger partial charge in [-0.2, -0.15) is 0 Å². The van der Waals surface area contributed by atoms with E-state index in [1.807, 2.05) is 19.1 Å². The quantitative estimate of drug-likeness (QED) is 0.527. The first kappa shape index (κ1) is 19.4. The van der Waals surface area contributed by atoms with Crippen molar-refractivity contribution in [3.63, 3.8) is 0 Å². The molecule has 0 spiro atoms. The third-order valence-electron chi connectivity index (χ3n) is 3.67. The van der Waals surface area contributed by atoms with Gasteiger partial charge in [0.2, 0.25) is 11.0 Å². The summed E-state index contributed by atoms with van der Waals surface area (Å²) in [4.78, 5) is 12.2. The highest BCUT2D eigenvalue weighted by Crippen LogP contribution is 2.29. The van der Waals surface area contributed by atoms with E-state index in [2.05, 4.69) is 20.8 Å². The van der Waals surface area contributed by atoms with Crippen LogP contribution in [-0.2, 0) is 17.8 Å². The smallest absolute Gasteiger partial charge is 0.233 e. The zero-order valence-electron chi connectivity index (χ0n) is 14.6. The maximum absolute atomic E-state index is 12.9. The summed E-state index contributed by atoms with van der Waals surface area (Å²) >= 11 is 2.76. The molecule has 2 N–H and O–H groups in total. The molecule has 27 heavy (non-hydrogen) atoms. The monoisotopic (exact) mass is 406 g/mol. The van der Waals surface area contributed by atoms with Crippen molar-refractivity contribution in [3.8, 4) is 0 Å². The number of hydrogen-bond acceptors (Lipinski definition) is 7. The average molecular weight is 407 g/mol. The summed E-state index contributed by atoms with van der Waals surface area (Å²) in [7, 11) is 0. The van der Waals surface area contributed by atoms with Gasteiger partial charge in [-0.3, -0.25) is 4.79 Å². The molecule has 0 radical (unpaired) electrons. The molecule has 1 aromatic carbocycles. The Balaban J connectivity index is 1.40. The summed E-state index contributed by atoms with van der Waals surface area (Å²) in [5, 5.41) is 14.6. The fourth-order valence-corrected chi connectivity index (χ4v) is 4.15. The lowest BCUT2D eigenvalue weighted by Gasteiger charge is -2.10. The number of nitrogens with zero attached hydrogens (tertiary/aromatic N) is 2. The first-order valence-corrected chi connectivity index (χ1v) is 10.1. The lowest BCUT2D eigenvalue weighted by Crippen LogP contribution is -2.32. The first-order chi connectivity index (χ1) is 13.1. The van der Waals surface area contributed by atoms with Gasteiger partial charge in [0.25, 0.3) is 0 Å². The second-order valence-corrected chi connectivity index (χ2v) is 8.30. The summed E-state index contributed by atoms with van der Waals surface area (Å²) in [6.07, 6.45) is 2.28. The van der Waals surface area contributed by atoms with Crippen molar-refractivity contribution in [3.05, 3.63) is 59.8 Å². The summed E-state index contributed by atoms with van der Waals surface area (Å²) in [6, 6.07) is 9.98. The van der Waals surface area contributed by atoms with E-state index in [0.717, 1.165) is 15.7 Å². The van der Waals surface area contributed by atoms with Gasteiger partial charge in [-0.15, -0.1) is 10.2 Å². The van der Waals surface area contributed by atoms with Gasteiger partial charge in [-0.05, 0) is 43.2 Å². The van der Waals surface area contributed by atoms with Crippen molar-refractivity contribution < 1.29 is 13.6 Å². The number of furan rings is 1. The van der Waals surface area contributed by atoms with Crippen molar-refractivity contribution >= 4 is 34.1 Å². The Morgan fingerprint density at radius 1 is 1.30 bits per heavy atom. The molecule has 9 heteroatoms. The fourth-order valence-electron chi connectivity index (χ4n) is 2.23. The maximum Gasteiger partial charge on any atom is 0.233 e. The Labute approximate surface area is 164 Å². The number of benzene rings is 1. The molecule has 142 valence electrons. The van der Waals surface area contributed by atoms with Crippen LogP contribution in [0, 0.1) is 5.82 Å². The van der Waals surface area contributed by atoms with E-state index in [1.54, 1.807) is 18.4 Å². The summed E-state index contributed by atoms with van der Waals surface area (Å²) in [5.41, 5.74) is 0.980. The number of halogens is 1. The van der Waals surface area contributed by atoms with Crippen LogP contribution in [0.2, 0.25) is 0 Å². The molecule has 0 saturated carbocycles. The maximum atomic E-state index is 12.9. The number of hydrogen-bond donors (Lipinski definition) is 2. The molecule has 1 amide bonds. The molecule has 2 aromatic heterocycles. The zero-order chi connectivity index (χ0) is 19.1. The van der Waals surface area contributed by atoms with Gasteiger partial charge < -0.3 is 15.1 Å². The summed E-state index contributed by atoms with van der Waals surface area (Å²) in [5.74, 6) is 0.485. The highest BCUT2D eigenvalue weighted by atomic mass is 32.2. The van der Waals surface area contributed by atoms with Crippen LogP contribution >= 0.6 is 23.1 Å². The predicted molar refractivity (Wildman–Crippen MR) is 104 cm³/mol. The second-order valence-electron chi connectivity index (χ2n) is 5.73. The normalized spacial score (nSPS) is 11.9. The average Bonchev–Trinajstić information content (AvgIpc) is 3.33. The topological polar surface area (TPSA) is 80.1 Å².